The Balaban J connectivity index is 3.06. The number of hydrogen-bond acceptors (Lipinski definition) is 2. The lowest BCUT2D eigenvalue weighted by Gasteiger charge is -2.12. The molecule has 0 spiro atoms. The minimum absolute atomic E-state index is 0.145. The first-order valence-electron chi connectivity index (χ1n) is 3.82. The Bertz CT molecular complexity index is 289. The first-order chi connectivity index (χ1) is 6.00. The van der Waals surface area contributed by atoms with Crippen LogP contribution in [0.25, 0.3) is 0 Å². The molecule has 0 aliphatic heterocycles. The van der Waals surface area contributed by atoms with Crippen molar-refractivity contribution in [2.45, 2.75) is 6.54 Å². The monoisotopic (exact) mass is 219 g/mol. The highest BCUT2D eigenvalue weighted by molar-refractivity contribution is 6.35. The van der Waals surface area contributed by atoms with E-state index in [-0.39, 0.29) is 5.75 Å². The molecule has 0 fully saturated rings. The van der Waals surface area contributed by atoms with Gasteiger partial charge in [-0.3, -0.25) is 0 Å². The van der Waals surface area contributed by atoms with Crippen molar-refractivity contribution in [1.82, 2.24) is 4.90 Å². The summed E-state index contributed by atoms with van der Waals surface area (Å²) in [5.74, 6) is 0.145. The second-order valence-electron chi connectivity index (χ2n) is 3.12. The smallest absolute Gasteiger partial charge is 0.123 e. The van der Waals surface area contributed by atoms with E-state index in [1.54, 1.807) is 6.07 Å². The fourth-order valence-electron chi connectivity index (χ4n) is 1.06. The number of aromatic hydroxyl groups is 1. The maximum absolute atomic E-state index is 9.53. The third-order valence-electron chi connectivity index (χ3n) is 1.61. The third-order valence-corrected chi connectivity index (χ3v) is 2.17. The summed E-state index contributed by atoms with van der Waals surface area (Å²) in [7, 11) is 3.81. The van der Waals surface area contributed by atoms with Crippen LogP contribution in [0.1, 0.15) is 5.56 Å². The Morgan fingerprint density at radius 2 is 1.92 bits per heavy atom. The van der Waals surface area contributed by atoms with Crippen LogP contribution in [-0.2, 0) is 6.54 Å². The Labute approximate surface area is 87.7 Å². The van der Waals surface area contributed by atoms with Gasteiger partial charge in [0.15, 0.2) is 0 Å². The van der Waals surface area contributed by atoms with Crippen LogP contribution in [0.4, 0.5) is 0 Å². The van der Waals surface area contributed by atoms with E-state index < -0.39 is 0 Å². The molecular formula is C9H11Cl2NO. The molecule has 0 saturated carbocycles. The van der Waals surface area contributed by atoms with E-state index in [0.29, 0.717) is 22.2 Å². The first kappa shape index (κ1) is 10.6. The third kappa shape index (κ3) is 2.76. The summed E-state index contributed by atoms with van der Waals surface area (Å²) in [6.07, 6.45) is 0. The van der Waals surface area contributed by atoms with Crippen molar-refractivity contribution in [3.8, 4) is 5.75 Å². The van der Waals surface area contributed by atoms with Crippen LogP contribution in [0, 0.1) is 0 Å². The molecule has 0 aliphatic carbocycles. The quantitative estimate of drug-likeness (QED) is 0.828. The zero-order chi connectivity index (χ0) is 10.0. The Morgan fingerprint density at radius 1 is 1.31 bits per heavy atom. The van der Waals surface area contributed by atoms with Crippen LogP contribution < -0.4 is 0 Å². The van der Waals surface area contributed by atoms with Gasteiger partial charge in [-0.2, -0.15) is 0 Å². The average Bonchev–Trinajstić information content (AvgIpc) is 1.96. The van der Waals surface area contributed by atoms with Gasteiger partial charge in [-0.25, -0.2) is 0 Å². The summed E-state index contributed by atoms with van der Waals surface area (Å²) in [6, 6.07) is 3.12. The molecule has 72 valence electrons. The van der Waals surface area contributed by atoms with Crippen molar-refractivity contribution in [2.75, 3.05) is 14.1 Å². The van der Waals surface area contributed by atoms with Gasteiger partial charge < -0.3 is 10.0 Å². The van der Waals surface area contributed by atoms with Crippen LogP contribution in [0.5, 0.6) is 5.75 Å². The van der Waals surface area contributed by atoms with Crippen molar-refractivity contribution in [3.05, 3.63) is 27.7 Å². The van der Waals surface area contributed by atoms with Gasteiger partial charge in [0.25, 0.3) is 0 Å². The molecule has 0 heterocycles. The fourth-order valence-corrected chi connectivity index (χ4v) is 1.61. The summed E-state index contributed by atoms with van der Waals surface area (Å²) < 4.78 is 0. The van der Waals surface area contributed by atoms with Crippen molar-refractivity contribution in [3.63, 3.8) is 0 Å². The summed E-state index contributed by atoms with van der Waals surface area (Å²) >= 11 is 11.6. The summed E-state index contributed by atoms with van der Waals surface area (Å²) in [5.41, 5.74) is 0.705. The predicted octanol–water partition coefficient (Wildman–Crippen LogP) is 2.76. The number of rotatable bonds is 2. The lowest BCUT2D eigenvalue weighted by atomic mass is 10.2. The van der Waals surface area contributed by atoms with Gasteiger partial charge in [-0.15, -0.1) is 0 Å². The van der Waals surface area contributed by atoms with Gasteiger partial charge >= 0.3 is 0 Å². The molecule has 1 rings (SSSR count). The minimum Gasteiger partial charge on any atom is -0.508 e. The van der Waals surface area contributed by atoms with Gasteiger partial charge in [0.05, 0.1) is 5.02 Å². The normalized spacial score (nSPS) is 10.8. The van der Waals surface area contributed by atoms with Crippen molar-refractivity contribution >= 4 is 23.2 Å². The topological polar surface area (TPSA) is 23.5 Å². The Kier molecular flexibility index (Phi) is 3.42. The second kappa shape index (κ2) is 4.18. The molecule has 2 nitrogen and oxygen atoms in total. The predicted molar refractivity (Wildman–Crippen MR) is 55.5 cm³/mol. The van der Waals surface area contributed by atoms with Crippen LogP contribution in [0.3, 0.4) is 0 Å². The van der Waals surface area contributed by atoms with Gasteiger partial charge in [0, 0.05) is 17.1 Å². The number of phenols is 1. The van der Waals surface area contributed by atoms with E-state index in [2.05, 4.69) is 0 Å². The minimum atomic E-state index is 0.145. The highest BCUT2D eigenvalue weighted by Crippen LogP contribution is 2.30. The number of halogens is 2. The van der Waals surface area contributed by atoms with E-state index >= 15 is 0 Å². The van der Waals surface area contributed by atoms with Gasteiger partial charge in [-0.1, -0.05) is 23.2 Å². The van der Waals surface area contributed by atoms with E-state index in [9.17, 15) is 5.11 Å². The summed E-state index contributed by atoms with van der Waals surface area (Å²) in [4.78, 5) is 1.93. The Hall–Kier alpha value is -0.440. The van der Waals surface area contributed by atoms with Crippen molar-refractivity contribution < 1.29 is 5.11 Å². The molecular weight excluding hydrogens is 209 g/mol. The lowest BCUT2D eigenvalue weighted by Crippen LogP contribution is -2.11. The largest absolute Gasteiger partial charge is 0.508 e. The number of hydrogen-bond donors (Lipinski definition) is 1. The Morgan fingerprint density at radius 3 is 2.38 bits per heavy atom. The van der Waals surface area contributed by atoms with Crippen molar-refractivity contribution in [2.24, 2.45) is 0 Å². The van der Waals surface area contributed by atoms with E-state index in [1.807, 2.05) is 19.0 Å². The zero-order valence-electron chi connectivity index (χ0n) is 7.51. The molecule has 0 saturated heterocycles. The van der Waals surface area contributed by atoms with Gasteiger partial charge in [0.1, 0.15) is 5.75 Å². The summed E-state index contributed by atoms with van der Waals surface area (Å²) in [6.45, 7) is 0.599. The van der Waals surface area contributed by atoms with Gasteiger partial charge in [0.2, 0.25) is 0 Å². The van der Waals surface area contributed by atoms with Crippen LogP contribution in [-0.4, -0.2) is 24.1 Å². The molecule has 4 heteroatoms. The molecule has 0 aliphatic rings. The molecule has 0 amide bonds. The first-order valence-corrected chi connectivity index (χ1v) is 4.58. The van der Waals surface area contributed by atoms with Crippen LogP contribution in [0.15, 0.2) is 12.1 Å². The molecule has 1 aromatic rings. The SMILES string of the molecule is CN(C)Cc1c(O)cc(Cl)cc1Cl. The zero-order valence-corrected chi connectivity index (χ0v) is 9.02. The standard InChI is InChI=1S/C9H11Cl2NO/c1-12(2)5-7-8(11)3-6(10)4-9(7)13/h3-4,13H,5H2,1-2H3. The number of phenolic OH excluding ortho intramolecular Hbond substituents is 1. The fraction of sp³-hybridized carbons (Fsp3) is 0.333. The van der Waals surface area contributed by atoms with Crippen LogP contribution >= 0.6 is 23.2 Å². The molecule has 13 heavy (non-hydrogen) atoms. The maximum atomic E-state index is 9.53. The molecule has 0 radical (unpaired) electrons. The van der Waals surface area contributed by atoms with Gasteiger partial charge in [-0.05, 0) is 26.2 Å². The molecule has 0 aromatic heterocycles. The van der Waals surface area contributed by atoms with Crippen LogP contribution in [0.2, 0.25) is 10.0 Å². The maximum Gasteiger partial charge on any atom is 0.123 e. The number of nitrogens with zero attached hydrogens (tertiary/aromatic N) is 1. The molecule has 0 unspecified atom stereocenters. The molecule has 1 N–H and O–H groups in total. The number of benzene rings is 1. The van der Waals surface area contributed by atoms with E-state index in [0.717, 1.165) is 0 Å². The highest BCUT2D eigenvalue weighted by Gasteiger charge is 2.08. The van der Waals surface area contributed by atoms with Crippen molar-refractivity contribution in [1.29, 1.82) is 0 Å². The van der Waals surface area contributed by atoms with E-state index in [1.165, 1.54) is 6.07 Å². The second-order valence-corrected chi connectivity index (χ2v) is 3.97. The van der Waals surface area contributed by atoms with E-state index in [4.69, 9.17) is 23.2 Å². The lowest BCUT2D eigenvalue weighted by molar-refractivity contribution is 0.386. The molecule has 0 atom stereocenters. The molecule has 0 bridgehead atoms. The highest BCUT2D eigenvalue weighted by atomic mass is 35.5. The molecule has 1 aromatic carbocycles. The average molecular weight is 220 g/mol. The summed E-state index contributed by atoms with van der Waals surface area (Å²) in [5, 5.41) is 10.5.